The minimum absolute atomic E-state index is 0.185. The van der Waals surface area contributed by atoms with E-state index in [2.05, 4.69) is 22.6 Å². The van der Waals surface area contributed by atoms with Crippen molar-refractivity contribution in [2.45, 2.75) is 6.92 Å². The molecule has 0 atom stereocenters. The number of halogens is 2. The van der Waals surface area contributed by atoms with Crippen molar-refractivity contribution in [1.29, 1.82) is 0 Å². The standard InChI is InChI=1S/C16H10FIO2/c1-9-3-2-4-12(15(9)18)16(19)14-8-10-7-11(17)5-6-13(10)20-14/h2-8H,1H3. The Morgan fingerprint density at radius 3 is 2.80 bits per heavy atom. The zero-order chi connectivity index (χ0) is 14.3. The molecule has 3 aromatic rings. The lowest BCUT2D eigenvalue weighted by molar-refractivity contribution is 0.101. The first-order chi connectivity index (χ1) is 9.56. The quantitative estimate of drug-likeness (QED) is 0.476. The summed E-state index contributed by atoms with van der Waals surface area (Å²) in [6.07, 6.45) is 0. The molecule has 1 heterocycles. The molecule has 100 valence electrons. The van der Waals surface area contributed by atoms with Gasteiger partial charge in [-0.3, -0.25) is 4.79 Å². The fourth-order valence-corrected chi connectivity index (χ4v) is 2.69. The summed E-state index contributed by atoms with van der Waals surface area (Å²) in [4.78, 5) is 12.5. The summed E-state index contributed by atoms with van der Waals surface area (Å²) in [6, 6.07) is 11.3. The maximum absolute atomic E-state index is 13.2. The summed E-state index contributed by atoms with van der Waals surface area (Å²) in [5, 5.41) is 0.594. The third kappa shape index (κ3) is 2.24. The number of carbonyl (C=O) groups excluding carboxylic acids is 1. The van der Waals surface area contributed by atoms with E-state index in [1.54, 1.807) is 12.1 Å². The van der Waals surface area contributed by atoms with Gasteiger partial charge in [-0.1, -0.05) is 12.1 Å². The van der Waals surface area contributed by atoms with Crippen LogP contribution in [0.3, 0.4) is 0 Å². The van der Waals surface area contributed by atoms with E-state index in [1.807, 2.05) is 19.1 Å². The van der Waals surface area contributed by atoms with Gasteiger partial charge in [-0.2, -0.15) is 0 Å². The van der Waals surface area contributed by atoms with Gasteiger partial charge in [0.15, 0.2) is 5.76 Å². The van der Waals surface area contributed by atoms with Crippen molar-refractivity contribution < 1.29 is 13.6 Å². The number of fused-ring (bicyclic) bond motifs is 1. The number of ketones is 1. The average Bonchev–Trinajstić information content (AvgIpc) is 2.84. The fraction of sp³-hybridized carbons (Fsp3) is 0.0625. The predicted molar refractivity (Wildman–Crippen MR) is 83.5 cm³/mol. The Morgan fingerprint density at radius 1 is 1.20 bits per heavy atom. The lowest BCUT2D eigenvalue weighted by atomic mass is 10.1. The number of rotatable bonds is 2. The molecule has 2 aromatic carbocycles. The van der Waals surface area contributed by atoms with Gasteiger partial charge in [-0.15, -0.1) is 0 Å². The van der Waals surface area contributed by atoms with Crippen LogP contribution in [0, 0.1) is 16.3 Å². The van der Waals surface area contributed by atoms with Crippen LogP contribution in [0.2, 0.25) is 0 Å². The molecule has 0 radical (unpaired) electrons. The Labute approximate surface area is 128 Å². The fourth-order valence-electron chi connectivity index (χ4n) is 2.08. The topological polar surface area (TPSA) is 30.2 Å². The van der Waals surface area contributed by atoms with Crippen molar-refractivity contribution >= 4 is 39.3 Å². The number of aryl methyl sites for hydroxylation is 1. The highest BCUT2D eigenvalue weighted by Gasteiger charge is 2.18. The summed E-state index contributed by atoms with van der Waals surface area (Å²) in [6.45, 7) is 1.95. The second-order valence-electron chi connectivity index (χ2n) is 4.56. The maximum atomic E-state index is 13.2. The molecular weight excluding hydrogens is 370 g/mol. The van der Waals surface area contributed by atoms with Gasteiger partial charge < -0.3 is 4.42 Å². The molecule has 0 N–H and O–H groups in total. The van der Waals surface area contributed by atoms with E-state index in [9.17, 15) is 9.18 Å². The number of furan rings is 1. The lowest BCUT2D eigenvalue weighted by Gasteiger charge is -2.03. The van der Waals surface area contributed by atoms with Gasteiger partial charge in [-0.25, -0.2) is 4.39 Å². The van der Waals surface area contributed by atoms with Crippen LogP contribution < -0.4 is 0 Å². The first kappa shape index (κ1) is 13.3. The van der Waals surface area contributed by atoms with E-state index in [0.29, 0.717) is 16.5 Å². The molecule has 3 rings (SSSR count). The van der Waals surface area contributed by atoms with Gasteiger partial charge in [0.05, 0.1) is 0 Å². The van der Waals surface area contributed by atoms with E-state index in [-0.39, 0.29) is 17.4 Å². The second-order valence-corrected chi connectivity index (χ2v) is 5.64. The molecule has 4 heteroatoms. The molecule has 0 aliphatic heterocycles. The minimum Gasteiger partial charge on any atom is -0.453 e. The predicted octanol–water partition coefficient (Wildman–Crippen LogP) is 4.72. The molecule has 0 aliphatic carbocycles. The highest BCUT2D eigenvalue weighted by atomic mass is 127. The number of benzene rings is 2. The molecule has 0 aliphatic rings. The molecule has 0 saturated heterocycles. The second kappa shape index (κ2) is 5.01. The Hall–Kier alpha value is -1.69. The van der Waals surface area contributed by atoms with Crippen LogP contribution >= 0.6 is 22.6 Å². The van der Waals surface area contributed by atoms with Gasteiger partial charge >= 0.3 is 0 Å². The van der Waals surface area contributed by atoms with Gasteiger partial charge in [0.1, 0.15) is 11.4 Å². The van der Waals surface area contributed by atoms with Crippen molar-refractivity contribution in [3.63, 3.8) is 0 Å². The summed E-state index contributed by atoms with van der Waals surface area (Å²) >= 11 is 2.15. The van der Waals surface area contributed by atoms with Crippen molar-refractivity contribution in [3.8, 4) is 0 Å². The minimum atomic E-state index is -0.345. The molecule has 0 amide bonds. The summed E-state index contributed by atoms with van der Waals surface area (Å²) in [5.41, 5.74) is 2.15. The lowest BCUT2D eigenvalue weighted by Crippen LogP contribution is -2.03. The maximum Gasteiger partial charge on any atom is 0.229 e. The van der Waals surface area contributed by atoms with E-state index < -0.39 is 0 Å². The van der Waals surface area contributed by atoms with Gasteiger partial charge in [-0.05, 0) is 65.4 Å². The monoisotopic (exact) mass is 380 g/mol. The number of hydrogen-bond donors (Lipinski definition) is 0. The summed E-state index contributed by atoms with van der Waals surface area (Å²) in [5.74, 6) is -0.300. The first-order valence-electron chi connectivity index (χ1n) is 6.05. The molecule has 0 spiro atoms. The van der Waals surface area contributed by atoms with Crippen LogP contribution in [-0.4, -0.2) is 5.78 Å². The summed E-state index contributed by atoms with van der Waals surface area (Å²) < 4.78 is 19.6. The van der Waals surface area contributed by atoms with Crippen LogP contribution in [0.1, 0.15) is 21.7 Å². The van der Waals surface area contributed by atoms with E-state index in [0.717, 1.165) is 9.13 Å². The smallest absolute Gasteiger partial charge is 0.229 e. The third-order valence-electron chi connectivity index (χ3n) is 3.14. The Kier molecular flexibility index (Phi) is 3.33. The molecular formula is C16H10FIO2. The average molecular weight is 380 g/mol. The van der Waals surface area contributed by atoms with Crippen molar-refractivity contribution in [1.82, 2.24) is 0 Å². The van der Waals surface area contributed by atoms with E-state index in [4.69, 9.17) is 4.42 Å². The van der Waals surface area contributed by atoms with Crippen molar-refractivity contribution in [3.05, 3.63) is 68.7 Å². The van der Waals surface area contributed by atoms with Crippen LogP contribution in [0.15, 0.2) is 46.9 Å². The normalized spacial score (nSPS) is 10.9. The van der Waals surface area contributed by atoms with Crippen molar-refractivity contribution in [2.75, 3.05) is 0 Å². The van der Waals surface area contributed by atoms with E-state index >= 15 is 0 Å². The molecule has 0 unspecified atom stereocenters. The van der Waals surface area contributed by atoms with E-state index in [1.165, 1.54) is 18.2 Å². The SMILES string of the molecule is Cc1cccc(C(=O)c2cc3cc(F)ccc3o2)c1I. The van der Waals surface area contributed by atoms with Gasteiger partial charge in [0.2, 0.25) is 5.78 Å². The van der Waals surface area contributed by atoms with Gasteiger partial charge in [0, 0.05) is 14.5 Å². The van der Waals surface area contributed by atoms with Crippen LogP contribution in [0.5, 0.6) is 0 Å². The van der Waals surface area contributed by atoms with Crippen LogP contribution in [0.25, 0.3) is 11.0 Å². The Bertz CT molecular complexity index is 820. The molecule has 2 nitrogen and oxygen atoms in total. The highest BCUT2D eigenvalue weighted by Crippen LogP contribution is 2.25. The molecule has 0 bridgehead atoms. The zero-order valence-corrected chi connectivity index (χ0v) is 12.8. The highest BCUT2D eigenvalue weighted by molar-refractivity contribution is 14.1. The molecule has 1 aromatic heterocycles. The summed E-state index contributed by atoms with van der Waals surface area (Å²) in [7, 11) is 0. The largest absolute Gasteiger partial charge is 0.453 e. The zero-order valence-electron chi connectivity index (χ0n) is 10.6. The van der Waals surface area contributed by atoms with Crippen LogP contribution in [0.4, 0.5) is 4.39 Å². The molecule has 20 heavy (non-hydrogen) atoms. The third-order valence-corrected chi connectivity index (χ3v) is 4.57. The molecule has 0 fully saturated rings. The van der Waals surface area contributed by atoms with Gasteiger partial charge in [0.25, 0.3) is 0 Å². The molecule has 0 saturated carbocycles. The number of hydrogen-bond acceptors (Lipinski definition) is 2. The first-order valence-corrected chi connectivity index (χ1v) is 7.13. The Morgan fingerprint density at radius 2 is 2.00 bits per heavy atom. The number of carbonyl (C=O) groups is 1. The van der Waals surface area contributed by atoms with Crippen LogP contribution in [-0.2, 0) is 0 Å². The Balaban J connectivity index is 2.10. The van der Waals surface area contributed by atoms with Crippen molar-refractivity contribution in [2.24, 2.45) is 0 Å².